The second kappa shape index (κ2) is 14.5. The van der Waals surface area contributed by atoms with Crippen molar-refractivity contribution in [1.82, 2.24) is 4.90 Å². The normalized spacial score (nSPS) is 13.6. The van der Waals surface area contributed by atoms with Crippen LogP contribution in [-0.4, -0.2) is 57.1 Å². The van der Waals surface area contributed by atoms with Crippen LogP contribution in [0.15, 0.2) is 60.0 Å². The van der Waals surface area contributed by atoms with Gasteiger partial charge in [-0.25, -0.2) is 9.59 Å². The predicted molar refractivity (Wildman–Crippen MR) is 184 cm³/mol. The fourth-order valence-electron chi connectivity index (χ4n) is 4.30. The minimum Gasteiger partial charge on any atom is -0.465 e. The molecule has 0 bridgehead atoms. The zero-order valence-corrected chi connectivity index (χ0v) is 30.2. The van der Waals surface area contributed by atoms with Crippen LogP contribution in [0.4, 0.5) is 10.5 Å². The van der Waals surface area contributed by atoms with Gasteiger partial charge in [-0.1, -0.05) is 56.6 Å². The third kappa shape index (κ3) is 9.57. The molecule has 240 valence electrons. The van der Waals surface area contributed by atoms with Gasteiger partial charge in [-0.15, -0.1) is 11.3 Å². The first-order chi connectivity index (χ1) is 20.4. The molecule has 0 aliphatic rings. The Morgan fingerprint density at radius 3 is 2.25 bits per heavy atom. The number of esters is 1. The number of ether oxygens (including phenoxy) is 2. The molecule has 0 radical (unpaired) electrons. The molecule has 10 heteroatoms. The van der Waals surface area contributed by atoms with E-state index in [0.717, 1.165) is 21.7 Å². The molecular weight excluding hydrogens is 612 g/mol. The first-order valence-electron chi connectivity index (χ1n) is 14.8. The van der Waals surface area contributed by atoms with Gasteiger partial charge in [0.2, 0.25) is 0 Å². The highest BCUT2D eigenvalue weighted by molar-refractivity contribution is 7.14. The van der Waals surface area contributed by atoms with Gasteiger partial charge in [0, 0.05) is 28.2 Å². The van der Waals surface area contributed by atoms with E-state index in [1.807, 2.05) is 81.6 Å². The summed E-state index contributed by atoms with van der Waals surface area (Å²) in [6.07, 6.45) is -0.792. The lowest BCUT2D eigenvalue weighted by atomic mass is 10.1. The number of methoxy groups -OCH3 is 1. The van der Waals surface area contributed by atoms with Crippen molar-refractivity contribution in [2.75, 3.05) is 25.5 Å². The second-order valence-electron chi connectivity index (χ2n) is 13.5. The molecule has 0 spiro atoms. The smallest absolute Gasteiger partial charge is 0.410 e. The number of halogens is 1. The maximum atomic E-state index is 13.7. The van der Waals surface area contributed by atoms with Crippen LogP contribution < -0.4 is 5.32 Å². The number of anilines is 1. The van der Waals surface area contributed by atoms with Gasteiger partial charge in [-0.05, 0) is 92.7 Å². The van der Waals surface area contributed by atoms with Crippen LogP contribution in [0, 0.1) is 0 Å². The quantitative estimate of drug-likeness (QED) is 0.163. The summed E-state index contributed by atoms with van der Waals surface area (Å²) in [6.45, 7) is 19.4. The van der Waals surface area contributed by atoms with Crippen molar-refractivity contribution in [2.24, 2.45) is 0 Å². The predicted octanol–water partition coefficient (Wildman–Crippen LogP) is 9.66. The van der Waals surface area contributed by atoms with Gasteiger partial charge in [0.05, 0.1) is 25.3 Å². The number of thiophene rings is 1. The molecule has 0 aliphatic carbocycles. The van der Waals surface area contributed by atoms with Gasteiger partial charge in [0.15, 0.2) is 8.32 Å². The van der Waals surface area contributed by atoms with E-state index in [0.29, 0.717) is 23.7 Å². The number of benzene rings is 2. The molecule has 7 nitrogen and oxygen atoms in total. The van der Waals surface area contributed by atoms with E-state index >= 15 is 0 Å². The third-order valence-corrected chi connectivity index (χ3v) is 13.5. The Morgan fingerprint density at radius 2 is 1.68 bits per heavy atom. The molecule has 0 unspecified atom stereocenters. The molecule has 1 aromatic heterocycles. The van der Waals surface area contributed by atoms with Crippen molar-refractivity contribution in [2.45, 2.75) is 84.3 Å². The molecule has 44 heavy (non-hydrogen) atoms. The number of rotatable bonds is 11. The molecule has 1 amide bonds. The molecule has 3 rings (SSSR count). The van der Waals surface area contributed by atoms with Crippen LogP contribution in [0.1, 0.15) is 70.5 Å². The highest BCUT2D eigenvalue weighted by Gasteiger charge is 2.41. The topological polar surface area (TPSA) is 77.1 Å². The van der Waals surface area contributed by atoms with Crippen molar-refractivity contribution < 1.29 is 23.5 Å². The molecule has 1 N–H and O–H groups in total. The monoisotopic (exact) mass is 658 g/mol. The lowest BCUT2D eigenvalue weighted by Gasteiger charge is -2.41. The Labute approximate surface area is 273 Å². The largest absolute Gasteiger partial charge is 0.465 e. The molecule has 0 fully saturated rings. The first kappa shape index (κ1) is 35.6. The zero-order valence-electron chi connectivity index (χ0n) is 27.6. The van der Waals surface area contributed by atoms with Crippen molar-refractivity contribution in [1.29, 1.82) is 0 Å². The summed E-state index contributed by atoms with van der Waals surface area (Å²) in [5.41, 5.74) is 2.64. The average molecular weight is 659 g/mol. The summed E-state index contributed by atoms with van der Waals surface area (Å²) >= 11 is 7.90. The summed E-state index contributed by atoms with van der Waals surface area (Å²) in [5, 5.41) is 5.94. The van der Waals surface area contributed by atoms with Crippen LogP contribution in [0.3, 0.4) is 0 Å². The van der Waals surface area contributed by atoms with Crippen molar-refractivity contribution in [3.8, 4) is 10.4 Å². The number of nitrogens with one attached hydrogen (secondary N) is 1. The minimum absolute atomic E-state index is 0.0271. The molecular formula is C34H47ClN2O5SSi. The molecule has 0 aliphatic heterocycles. The Bertz CT molecular complexity index is 1410. The Hall–Kier alpha value is -2.85. The van der Waals surface area contributed by atoms with Gasteiger partial charge in [-0.2, -0.15) is 0 Å². The Morgan fingerprint density at radius 1 is 1.02 bits per heavy atom. The molecule has 0 saturated heterocycles. The minimum atomic E-state index is -2.23. The van der Waals surface area contributed by atoms with E-state index < -0.39 is 26.1 Å². The van der Waals surface area contributed by atoms with Crippen LogP contribution >= 0.6 is 22.9 Å². The Kier molecular flexibility index (Phi) is 11.7. The number of carbonyl (C=O) groups is 2. The third-order valence-electron chi connectivity index (χ3n) is 7.81. The van der Waals surface area contributed by atoms with E-state index in [1.54, 1.807) is 11.0 Å². The highest BCUT2D eigenvalue weighted by Crippen LogP contribution is 2.40. The number of hydrogen-bond donors (Lipinski definition) is 1. The fourth-order valence-corrected chi connectivity index (χ4v) is 6.67. The SMILES string of the molecule is COC(=O)c1ccsc1-c1ccc(NC[C@@H](C)N(C[C@H](O[Si](C)(C)C(C)(C)C)c2cccc(Cl)c2)C(=O)OC(C)(C)C)cc1. The Balaban J connectivity index is 1.85. The molecule has 2 atom stereocenters. The van der Waals surface area contributed by atoms with Crippen LogP contribution in [0.5, 0.6) is 0 Å². The summed E-state index contributed by atoms with van der Waals surface area (Å²) in [4.78, 5) is 28.4. The highest BCUT2D eigenvalue weighted by atomic mass is 35.5. The van der Waals surface area contributed by atoms with Crippen molar-refractivity contribution in [3.63, 3.8) is 0 Å². The van der Waals surface area contributed by atoms with Crippen molar-refractivity contribution in [3.05, 3.63) is 76.1 Å². The zero-order chi connectivity index (χ0) is 32.9. The van der Waals surface area contributed by atoms with E-state index in [-0.39, 0.29) is 17.0 Å². The van der Waals surface area contributed by atoms with Gasteiger partial charge in [0.25, 0.3) is 0 Å². The maximum Gasteiger partial charge on any atom is 0.410 e. The molecule has 0 saturated carbocycles. The summed E-state index contributed by atoms with van der Waals surface area (Å²) in [6, 6.07) is 17.1. The number of hydrogen-bond acceptors (Lipinski definition) is 7. The molecule has 1 heterocycles. The van der Waals surface area contributed by atoms with E-state index in [2.05, 4.69) is 39.2 Å². The summed E-state index contributed by atoms with van der Waals surface area (Å²) in [5.74, 6) is -0.354. The van der Waals surface area contributed by atoms with Crippen LogP contribution in [0.25, 0.3) is 10.4 Å². The second-order valence-corrected chi connectivity index (χ2v) is 19.6. The van der Waals surface area contributed by atoms with Crippen LogP contribution in [0.2, 0.25) is 23.2 Å². The summed E-state index contributed by atoms with van der Waals surface area (Å²) in [7, 11) is -0.846. The lowest BCUT2D eigenvalue weighted by molar-refractivity contribution is 0.00798. The van der Waals surface area contributed by atoms with E-state index in [1.165, 1.54) is 18.4 Å². The average Bonchev–Trinajstić information content (AvgIpc) is 3.42. The van der Waals surface area contributed by atoms with Gasteiger partial charge < -0.3 is 24.1 Å². The van der Waals surface area contributed by atoms with Gasteiger partial charge in [0.1, 0.15) is 5.60 Å². The fraction of sp³-hybridized carbons (Fsp3) is 0.471. The summed E-state index contributed by atoms with van der Waals surface area (Å²) < 4.78 is 17.7. The molecule has 2 aromatic carbocycles. The van der Waals surface area contributed by atoms with Gasteiger partial charge in [-0.3, -0.25) is 0 Å². The van der Waals surface area contributed by atoms with Crippen molar-refractivity contribution >= 4 is 49.0 Å². The number of nitrogens with zero attached hydrogens (tertiary/aromatic N) is 1. The first-order valence-corrected chi connectivity index (χ1v) is 19.0. The van der Waals surface area contributed by atoms with Crippen LogP contribution in [-0.2, 0) is 13.9 Å². The number of carbonyl (C=O) groups excluding carboxylic acids is 2. The van der Waals surface area contributed by atoms with Gasteiger partial charge >= 0.3 is 12.1 Å². The number of amides is 1. The lowest BCUT2D eigenvalue weighted by Crippen LogP contribution is -2.49. The van der Waals surface area contributed by atoms with E-state index in [9.17, 15) is 9.59 Å². The standard InChI is InChI=1S/C34H47ClN2O5SSi/c1-23(21-36-27-16-14-24(15-17-27)30-28(18-19-43-30)31(38)40-8)37(32(39)41-33(2,3)4)22-29(25-12-11-13-26(35)20-25)42-44(9,10)34(5,6)7/h11-20,23,29,36H,21-22H2,1-10H3/t23-,29+/m1/s1. The van der Waals surface area contributed by atoms with E-state index in [4.69, 9.17) is 25.5 Å². The molecule has 3 aromatic rings. The maximum absolute atomic E-state index is 13.7.